The highest BCUT2D eigenvalue weighted by Crippen LogP contribution is 2.43. The molecule has 3 fully saturated rings. The van der Waals surface area contributed by atoms with Crippen LogP contribution < -0.4 is 0 Å². The Morgan fingerprint density at radius 1 is 1.03 bits per heavy atom. The number of benzene rings is 2. The molecule has 6 heteroatoms. The second kappa shape index (κ2) is 8.40. The lowest BCUT2D eigenvalue weighted by Gasteiger charge is -2.59. The van der Waals surface area contributed by atoms with Crippen LogP contribution in [-0.2, 0) is 9.59 Å². The van der Waals surface area contributed by atoms with Crippen LogP contribution in [-0.4, -0.2) is 58.5 Å². The molecule has 6 nitrogen and oxygen atoms in total. The van der Waals surface area contributed by atoms with Gasteiger partial charge in [-0.15, -0.1) is 0 Å². The number of amides is 2. The molecule has 0 aromatic heterocycles. The number of nitrogens with zero attached hydrogens (tertiary/aromatic N) is 3. The molecule has 0 unspecified atom stereocenters. The number of aliphatic hydroxyl groups is 1. The van der Waals surface area contributed by atoms with E-state index < -0.39 is 0 Å². The molecule has 2 amide bonds. The standard InChI is InChI=1S/C26H27N3O3/c27-13-17-5-7-18(8-6-17)19-9-11-20(12-10-19)25-22-14-28(26(32)21-3-1-2-4-21)15-24(31)29(22)23(25)16-30/h5-12,21-23,25,30H,1-4,14-16H2/t22-,23+,25-/m0/s1. The average molecular weight is 430 g/mol. The summed E-state index contributed by atoms with van der Waals surface area (Å²) in [4.78, 5) is 29.3. The van der Waals surface area contributed by atoms with Crippen molar-refractivity contribution in [3.63, 3.8) is 0 Å². The molecule has 2 saturated heterocycles. The van der Waals surface area contributed by atoms with Gasteiger partial charge in [0.25, 0.3) is 0 Å². The molecular formula is C26H27N3O3. The third-order valence-corrected chi connectivity index (χ3v) is 7.41. The predicted molar refractivity (Wildman–Crippen MR) is 119 cm³/mol. The zero-order valence-corrected chi connectivity index (χ0v) is 18.0. The van der Waals surface area contributed by atoms with E-state index in [1.165, 1.54) is 0 Å². The molecule has 0 radical (unpaired) electrons. The fraction of sp³-hybridized carbons (Fsp3) is 0.423. The molecule has 0 bridgehead atoms. The van der Waals surface area contributed by atoms with Crippen molar-refractivity contribution in [2.24, 2.45) is 5.92 Å². The van der Waals surface area contributed by atoms with Gasteiger partial charge in [0.15, 0.2) is 0 Å². The van der Waals surface area contributed by atoms with Crippen molar-refractivity contribution in [1.29, 1.82) is 5.26 Å². The smallest absolute Gasteiger partial charge is 0.242 e. The summed E-state index contributed by atoms with van der Waals surface area (Å²) in [5.41, 5.74) is 3.79. The van der Waals surface area contributed by atoms with Crippen LogP contribution in [0.25, 0.3) is 11.1 Å². The Morgan fingerprint density at radius 3 is 2.25 bits per heavy atom. The monoisotopic (exact) mass is 429 g/mol. The highest BCUT2D eigenvalue weighted by Gasteiger charge is 2.54. The summed E-state index contributed by atoms with van der Waals surface area (Å²) in [6.07, 6.45) is 4.04. The van der Waals surface area contributed by atoms with Gasteiger partial charge in [-0.1, -0.05) is 49.2 Å². The topological polar surface area (TPSA) is 84.6 Å². The summed E-state index contributed by atoms with van der Waals surface area (Å²) in [7, 11) is 0. The van der Waals surface area contributed by atoms with Crippen LogP contribution in [0.5, 0.6) is 0 Å². The van der Waals surface area contributed by atoms with Crippen molar-refractivity contribution >= 4 is 11.8 Å². The number of aliphatic hydroxyl groups excluding tert-OH is 1. The molecular weight excluding hydrogens is 402 g/mol. The molecule has 2 aliphatic heterocycles. The van der Waals surface area contributed by atoms with E-state index in [1.54, 1.807) is 21.9 Å². The lowest BCUT2D eigenvalue weighted by molar-refractivity contribution is -0.168. The highest BCUT2D eigenvalue weighted by atomic mass is 16.3. The minimum absolute atomic E-state index is 0.0122. The lowest BCUT2D eigenvalue weighted by Crippen LogP contribution is -2.73. The van der Waals surface area contributed by atoms with Crippen LogP contribution in [0.2, 0.25) is 0 Å². The Morgan fingerprint density at radius 2 is 1.66 bits per heavy atom. The number of fused-ring (bicyclic) bond motifs is 1. The van der Waals surface area contributed by atoms with E-state index in [2.05, 4.69) is 18.2 Å². The first-order valence-electron chi connectivity index (χ1n) is 11.4. The normalized spacial score (nSPS) is 25.2. The van der Waals surface area contributed by atoms with E-state index in [1.807, 2.05) is 24.3 Å². The molecule has 164 valence electrons. The second-order valence-electron chi connectivity index (χ2n) is 9.16. The van der Waals surface area contributed by atoms with E-state index in [0.717, 1.165) is 42.4 Å². The molecule has 1 saturated carbocycles. The number of hydrogen-bond donors (Lipinski definition) is 1. The van der Waals surface area contributed by atoms with Crippen LogP contribution in [0.1, 0.15) is 42.7 Å². The molecule has 1 N–H and O–H groups in total. The van der Waals surface area contributed by atoms with Crippen molar-refractivity contribution in [1.82, 2.24) is 9.80 Å². The van der Waals surface area contributed by atoms with Crippen molar-refractivity contribution < 1.29 is 14.7 Å². The van der Waals surface area contributed by atoms with E-state index in [9.17, 15) is 14.7 Å². The fourth-order valence-electron chi connectivity index (χ4n) is 5.73. The van der Waals surface area contributed by atoms with Gasteiger partial charge in [-0.2, -0.15) is 5.26 Å². The quantitative estimate of drug-likeness (QED) is 0.810. The summed E-state index contributed by atoms with van der Waals surface area (Å²) in [5.74, 6) is 0.140. The summed E-state index contributed by atoms with van der Waals surface area (Å²) in [6.45, 7) is 0.590. The van der Waals surface area contributed by atoms with Gasteiger partial charge in [0.2, 0.25) is 11.8 Å². The van der Waals surface area contributed by atoms with Crippen LogP contribution in [0.15, 0.2) is 48.5 Å². The first-order chi connectivity index (χ1) is 15.6. The molecule has 3 aliphatic rings. The fourth-order valence-corrected chi connectivity index (χ4v) is 5.73. The number of hydrogen-bond acceptors (Lipinski definition) is 4. The number of piperazine rings is 1. The number of carbonyl (C=O) groups excluding carboxylic acids is 2. The van der Waals surface area contributed by atoms with Gasteiger partial charge in [0.05, 0.1) is 36.9 Å². The van der Waals surface area contributed by atoms with Crippen LogP contribution in [0.3, 0.4) is 0 Å². The van der Waals surface area contributed by atoms with Gasteiger partial charge in [-0.3, -0.25) is 9.59 Å². The molecule has 2 heterocycles. The number of rotatable bonds is 4. The molecule has 2 aromatic rings. The average Bonchev–Trinajstić information content (AvgIpc) is 3.35. The summed E-state index contributed by atoms with van der Waals surface area (Å²) in [6, 6.07) is 17.5. The molecule has 32 heavy (non-hydrogen) atoms. The molecule has 5 rings (SSSR count). The van der Waals surface area contributed by atoms with Crippen LogP contribution in [0.4, 0.5) is 0 Å². The minimum Gasteiger partial charge on any atom is -0.394 e. The number of carbonyl (C=O) groups is 2. The van der Waals surface area contributed by atoms with Crippen LogP contribution in [0, 0.1) is 17.2 Å². The van der Waals surface area contributed by atoms with Gasteiger partial charge >= 0.3 is 0 Å². The molecule has 3 atom stereocenters. The highest BCUT2D eigenvalue weighted by molar-refractivity contribution is 5.88. The maximum atomic E-state index is 12.9. The maximum absolute atomic E-state index is 12.9. The van der Waals surface area contributed by atoms with Crippen molar-refractivity contribution in [3.05, 3.63) is 59.7 Å². The first-order valence-corrected chi connectivity index (χ1v) is 11.4. The van der Waals surface area contributed by atoms with E-state index in [0.29, 0.717) is 12.1 Å². The Balaban J connectivity index is 1.35. The zero-order valence-electron chi connectivity index (χ0n) is 18.0. The summed E-state index contributed by atoms with van der Waals surface area (Å²) >= 11 is 0. The largest absolute Gasteiger partial charge is 0.394 e. The molecule has 0 spiro atoms. The van der Waals surface area contributed by atoms with Gasteiger partial charge in [-0.05, 0) is 41.7 Å². The van der Waals surface area contributed by atoms with Crippen molar-refractivity contribution in [2.75, 3.05) is 19.7 Å². The molecule has 2 aromatic carbocycles. The van der Waals surface area contributed by atoms with E-state index >= 15 is 0 Å². The van der Waals surface area contributed by atoms with Gasteiger partial charge in [0, 0.05) is 18.4 Å². The van der Waals surface area contributed by atoms with Crippen molar-refractivity contribution in [3.8, 4) is 17.2 Å². The van der Waals surface area contributed by atoms with Gasteiger partial charge in [-0.25, -0.2) is 0 Å². The Labute approximate surface area is 188 Å². The van der Waals surface area contributed by atoms with Crippen LogP contribution >= 0.6 is 0 Å². The van der Waals surface area contributed by atoms with E-state index in [-0.39, 0.29) is 48.9 Å². The zero-order chi connectivity index (χ0) is 22.2. The third kappa shape index (κ3) is 3.47. The minimum atomic E-state index is -0.239. The lowest BCUT2D eigenvalue weighted by atomic mass is 9.73. The van der Waals surface area contributed by atoms with E-state index in [4.69, 9.17) is 5.26 Å². The Bertz CT molecular complexity index is 1050. The predicted octanol–water partition coefficient (Wildman–Crippen LogP) is 2.91. The maximum Gasteiger partial charge on any atom is 0.242 e. The van der Waals surface area contributed by atoms with Gasteiger partial charge in [0.1, 0.15) is 0 Å². The Hall–Kier alpha value is -3.17. The summed E-state index contributed by atoms with van der Waals surface area (Å²) in [5, 5.41) is 19.0. The molecule has 1 aliphatic carbocycles. The SMILES string of the molecule is N#Cc1ccc(-c2ccc([C@@H]3[C@@H](CO)N4C(=O)CN(C(=O)C5CCCC5)C[C@@H]34)cc2)cc1. The second-order valence-corrected chi connectivity index (χ2v) is 9.16. The number of nitriles is 1. The first kappa shape index (κ1) is 20.7. The Kier molecular flexibility index (Phi) is 5.44. The summed E-state index contributed by atoms with van der Waals surface area (Å²) < 4.78 is 0. The van der Waals surface area contributed by atoms with Gasteiger partial charge < -0.3 is 14.9 Å². The third-order valence-electron chi connectivity index (χ3n) is 7.41. The van der Waals surface area contributed by atoms with Crippen molar-refractivity contribution in [2.45, 2.75) is 43.7 Å².